The molecule has 0 bridgehead atoms. The maximum atomic E-state index is 5.96. The molecule has 144 valence electrons. The van der Waals surface area contributed by atoms with Gasteiger partial charge >= 0.3 is 0 Å². The van der Waals surface area contributed by atoms with E-state index in [0.29, 0.717) is 17.5 Å². The van der Waals surface area contributed by atoms with E-state index < -0.39 is 0 Å². The Morgan fingerprint density at radius 1 is 1.11 bits per heavy atom. The molecule has 2 aromatic rings. The van der Waals surface area contributed by atoms with E-state index in [4.69, 9.17) is 31.1 Å². The first-order valence-corrected chi connectivity index (χ1v) is 9.41. The van der Waals surface area contributed by atoms with Crippen LogP contribution in [0.1, 0.15) is 25.3 Å². The van der Waals surface area contributed by atoms with Crippen LogP contribution in [0.15, 0.2) is 53.5 Å². The second-order valence-corrected chi connectivity index (χ2v) is 6.58. The van der Waals surface area contributed by atoms with Crippen LogP contribution in [-0.2, 0) is 16.3 Å². The topological polar surface area (TPSA) is 55.3 Å². The van der Waals surface area contributed by atoms with Gasteiger partial charge in [-0.05, 0) is 48.4 Å². The van der Waals surface area contributed by atoms with Crippen molar-refractivity contribution < 1.29 is 14.5 Å². The van der Waals surface area contributed by atoms with Gasteiger partial charge in [0.1, 0.15) is 5.75 Å². The van der Waals surface area contributed by atoms with Crippen LogP contribution in [0.3, 0.4) is 0 Å². The molecule has 1 aliphatic rings. The molecule has 1 saturated heterocycles. The lowest BCUT2D eigenvalue weighted by molar-refractivity contribution is -0.305. The summed E-state index contributed by atoms with van der Waals surface area (Å²) in [4.78, 5) is 16.9. The molecule has 1 heterocycles. The van der Waals surface area contributed by atoms with E-state index in [9.17, 15) is 0 Å². The first-order chi connectivity index (χ1) is 13.2. The Kier molecular flexibility index (Phi) is 7.33. The molecule has 3 rings (SSSR count). The number of benzene rings is 2. The molecule has 0 amide bonds. The number of guanidine groups is 1. The van der Waals surface area contributed by atoms with Gasteiger partial charge in [-0.3, -0.25) is 0 Å². The van der Waals surface area contributed by atoms with E-state index in [1.54, 1.807) is 0 Å². The summed E-state index contributed by atoms with van der Waals surface area (Å²) in [6, 6.07) is 15.4. The van der Waals surface area contributed by atoms with Crippen LogP contribution in [0.2, 0.25) is 5.02 Å². The standard InChI is InChI=1S/C20H24ClN3O3/c1-2-3-12-25-19-10-8-18(9-11-19)23-20-22-14-26-27-15-24(20)13-16-4-6-17(21)7-5-16/h4-11H,2-3,12-15H2,1H3,(H,22,23). The average molecular weight is 390 g/mol. The normalized spacial score (nSPS) is 16.1. The summed E-state index contributed by atoms with van der Waals surface area (Å²) in [5.74, 6) is 1.54. The fourth-order valence-electron chi connectivity index (χ4n) is 2.52. The largest absolute Gasteiger partial charge is 0.494 e. The number of nitrogens with zero attached hydrogens (tertiary/aromatic N) is 2. The highest BCUT2D eigenvalue weighted by Gasteiger charge is 2.16. The number of hydrogen-bond donors (Lipinski definition) is 1. The van der Waals surface area contributed by atoms with Crippen molar-refractivity contribution in [2.24, 2.45) is 4.99 Å². The summed E-state index contributed by atoms with van der Waals surface area (Å²) in [6.45, 7) is 3.99. The summed E-state index contributed by atoms with van der Waals surface area (Å²) >= 11 is 5.96. The molecule has 0 spiro atoms. The third kappa shape index (κ3) is 6.13. The van der Waals surface area contributed by atoms with Crippen molar-refractivity contribution in [3.63, 3.8) is 0 Å². The Balaban J connectivity index is 1.71. The lowest BCUT2D eigenvalue weighted by Crippen LogP contribution is -2.39. The van der Waals surface area contributed by atoms with Crippen molar-refractivity contribution in [1.29, 1.82) is 0 Å². The third-order valence-corrected chi connectivity index (χ3v) is 4.26. The summed E-state index contributed by atoms with van der Waals surface area (Å²) in [7, 11) is 0. The van der Waals surface area contributed by atoms with Crippen LogP contribution in [0.4, 0.5) is 5.69 Å². The number of aliphatic imine (C=N–C) groups is 1. The Morgan fingerprint density at radius 3 is 2.63 bits per heavy atom. The zero-order chi connectivity index (χ0) is 18.9. The molecule has 0 saturated carbocycles. The minimum absolute atomic E-state index is 0.230. The number of unbranched alkanes of at least 4 members (excludes halogenated alkanes) is 1. The second kappa shape index (κ2) is 10.2. The molecule has 0 radical (unpaired) electrons. The lowest BCUT2D eigenvalue weighted by Gasteiger charge is -2.22. The predicted molar refractivity (Wildman–Crippen MR) is 106 cm³/mol. The molecule has 1 N–H and O–H groups in total. The zero-order valence-electron chi connectivity index (χ0n) is 15.4. The van der Waals surface area contributed by atoms with Gasteiger partial charge in [0.15, 0.2) is 13.5 Å². The number of halogens is 1. The summed E-state index contributed by atoms with van der Waals surface area (Å²) < 4.78 is 5.70. The van der Waals surface area contributed by atoms with Gasteiger partial charge in [0, 0.05) is 11.6 Å². The number of nitrogens with one attached hydrogen (secondary N) is 1. The maximum absolute atomic E-state index is 5.96. The SMILES string of the molecule is CCCCOc1ccc(/N=C2\NCOOCN2Cc2ccc(Cl)cc2)cc1. The van der Waals surface area contributed by atoms with Gasteiger partial charge in [-0.2, -0.15) is 0 Å². The summed E-state index contributed by atoms with van der Waals surface area (Å²) in [5.41, 5.74) is 1.92. The van der Waals surface area contributed by atoms with Crippen LogP contribution in [-0.4, -0.2) is 30.9 Å². The lowest BCUT2D eigenvalue weighted by atomic mass is 10.2. The quantitative estimate of drug-likeness (QED) is 0.559. The van der Waals surface area contributed by atoms with Crippen LogP contribution >= 0.6 is 11.6 Å². The van der Waals surface area contributed by atoms with E-state index in [-0.39, 0.29) is 13.5 Å². The summed E-state index contributed by atoms with van der Waals surface area (Å²) in [6.07, 6.45) is 2.17. The molecule has 7 heteroatoms. The fourth-order valence-corrected chi connectivity index (χ4v) is 2.65. The fraction of sp³-hybridized carbons (Fsp3) is 0.350. The van der Waals surface area contributed by atoms with Crippen LogP contribution in [0.25, 0.3) is 0 Å². The highest BCUT2D eigenvalue weighted by atomic mass is 35.5. The third-order valence-electron chi connectivity index (χ3n) is 4.01. The first kappa shape index (κ1) is 19.5. The van der Waals surface area contributed by atoms with E-state index in [1.807, 2.05) is 53.4 Å². The smallest absolute Gasteiger partial charge is 0.203 e. The van der Waals surface area contributed by atoms with Crippen molar-refractivity contribution in [3.05, 3.63) is 59.1 Å². The van der Waals surface area contributed by atoms with Crippen molar-refractivity contribution in [2.75, 3.05) is 20.1 Å². The van der Waals surface area contributed by atoms with Crippen molar-refractivity contribution >= 4 is 23.2 Å². The summed E-state index contributed by atoms with van der Waals surface area (Å²) in [5, 5.41) is 3.85. The number of rotatable bonds is 7. The minimum atomic E-state index is 0.230. The van der Waals surface area contributed by atoms with Crippen molar-refractivity contribution in [1.82, 2.24) is 10.2 Å². The molecule has 27 heavy (non-hydrogen) atoms. The van der Waals surface area contributed by atoms with Gasteiger partial charge in [0.05, 0.1) is 12.3 Å². The van der Waals surface area contributed by atoms with Crippen LogP contribution in [0, 0.1) is 0 Å². The average Bonchev–Trinajstić information content (AvgIpc) is 2.90. The van der Waals surface area contributed by atoms with Crippen molar-refractivity contribution in [2.45, 2.75) is 26.3 Å². The number of hydrogen-bond acceptors (Lipinski definition) is 4. The highest BCUT2D eigenvalue weighted by molar-refractivity contribution is 6.30. The van der Waals surface area contributed by atoms with Crippen LogP contribution < -0.4 is 10.1 Å². The zero-order valence-corrected chi connectivity index (χ0v) is 16.1. The van der Waals surface area contributed by atoms with E-state index in [1.165, 1.54) is 0 Å². The number of ether oxygens (including phenoxy) is 1. The molecular formula is C20H24ClN3O3. The molecule has 0 aromatic heterocycles. The van der Waals surface area contributed by atoms with Gasteiger partial charge in [-0.15, -0.1) is 0 Å². The second-order valence-electron chi connectivity index (χ2n) is 6.14. The van der Waals surface area contributed by atoms with Crippen molar-refractivity contribution in [3.8, 4) is 5.75 Å². The minimum Gasteiger partial charge on any atom is -0.494 e. The van der Waals surface area contributed by atoms with E-state index in [0.717, 1.165) is 36.4 Å². The molecule has 1 fully saturated rings. The van der Waals surface area contributed by atoms with Gasteiger partial charge in [-0.25, -0.2) is 14.8 Å². The molecule has 1 aliphatic heterocycles. The molecule has 0 atom stereocenters. The Labute approximate surface area is 164 Å². The predicted octanol–water partition coefficient (Wildman–Crippen LogP) is 4.48. The Bertz CT molecular complexity index is 735. The van der Waals surface area contributed by atoms with E-state index >= 15 is 0 Å². The molecule has 6 nitrogen and oxygen atoms in total. The molecule has 0 unspecified atom stereocenters. The Hall–Kier alpha value is -2.28. The van der Waals surface area contributed by atoms with Gasteiger partial charge < -0.3 is 15.0 Å². The van der Waals surface area contributed by atoms with Crippen LogP contribution in [0.5, 0.6) is 5.75 Å². The van der Waals surface area contributed by atoms with Gasteiger partial charge in [0.25, 0.3) is 0 Å². The molecule has 0 aliphatic carbocycles. The maximum Gasteiger partial charge on any atom is 0.203 e. The molecule has 2 aromatic carbocycles. The molecular weight excluding hydrogens is 366 g/mol. The van der Waals surface area contributed by atoms with E-state index in [2.05, 4.69) is 12.2 Å². The highest BCUT2D eigenvalue weighted by Crippen LogP contribution is 2.20. The monoisotopic (exact) mass is 389 g/mol. The van der Waals surface area contributed by atoms with Gasteiger partial charge in [0.2, 0.25) is 5.96 Å². The first-order valence-electron chi connectivity index (χ1n) is 9.04. The van der Waals surface area contributed by atoms with Gasteiger partial charge in [-0.1, -0.05) is 37.1 Å². The Morgan fingerprint density at radius 2 is 1.89 bits per heavy atom.